The smallest absolute Gasteiger partial charge is 0.373 e. The van der Waals surface area contributed by atoms with Gasteiger partial charge in [0.2, 0.25) is 0 Å². The van der Waals surface area contributed by atoms with E-state index in [-0.39, 0.29) is 30.8 Å². The van der Waals surface area contributed by atoms with Crippen LogP contribution in [-0.4, -0.2) is 42.5 Å². The van der Waals surface area contributed by atoms with Gasteiger partial charge < -0.3 is 4.74 Å². The summed E-state index contributed by atoms with van der Waals surface area (Å²) in [6, 6.07) is 0. The fourth-order valence-corrected chi connectivity index (χ4v) is 4.60. The van der Waals surface area contributed by atoms with Crippen molar-refractivity contribution in [2.24, 2.45) is 13.0 Å². The van der Waals surface area contributed by atoms with Crippen molar-refractivity contribution in [1.82, 2.24) is 29.7 Å². The van der Waals surface area contributed by atoms with Crippen molar-refractivity contribution in [2.75, 3.05) is 6.61 Å². The molecular weight excluding hydrogens is 421 g/mol. The minimum Gasteiger partial charge on any atom is -0.373 e. The predicted molar refractivity (Wildman–Crippen MR) is 110 cm³/mol. The summed E-state index contributed by atoms with van der Waals surface area (Å²) < 4.78 is 47.0. The lowest BCUT2D eigenvalue weighted by atomic mass is 9.72. The van der Waals surface area contributed by atoms with E-state index in [1.807, 2.05) is 27.1 Å². The Bertz CT molecular complexity index is 1150. The Balaban J connectivity index is 1.50. The summed E-state index contributed by atoms with van der Waals surface area (Å²) in [6.45, 7) is 4.26. The van der Waals surface area contributed by atoms with Crippen LogP contribution in [0.2, 0.25) is 0 Å². The van der Waals surface area contributed by atoms with Crippen LogP contribution in [0.25, 0.3) is 11.2 Å². The normalized spacial score (nSPS) is 26.3. The minimum absolute atomic E-state index is 0.0269. The minimum atomic E-state index is -4.17. The van der Waals surface area contributed by atoms with Gasteiger partial charge in [0.25, 0.3) is 0 Å². The SMILES string of the molecule is Cc1nc2nc([C@@H]3CCO[C@H](c4cnn(C)c4)C3)nc([C@H]3C[C@@H](C(F)(F)F)C3)c2nc1C. The highest BCUT2D eigenvalue weighted by molar-refractivity contribution is 5.73. The zero-order chi connectivity index (χ0) is 22.6. The number of hydrogen-bond acceptors (Lipinski definition) is 6. The molecule has 0 N–H and O–H groups in total. The van der Waals surface area contributed by atoms with Gasteiger partial charge in [0, 0.05) is 37.3 Å². The van der Waals surface area contributed by atoms with Crippen LogP contribution < -0.4 is 0 Å². The van der Waals surface area contributed by atoms with E-state index < -0.39 is 12.1 Å². The molecule has 170 valence electrons. The van der Waals surface area contributed by atoms with Gasteiger partial charge in [-0.25, -0.2) is 19.9 Å². The lowest BCUT2D eigenvalue weighted by Crippen LogP contribution is -2.35. The molecule has 0 unspecified atom stereocenters. The number of fused-ring (bicyclic) bond motifs is 1. The van der Waals surface area contributed by atoms with Crippen LogP contribution in [-0.2, 0) is 11.8 Å². The third-order valence-electron chi connectivity index (χ3n) is 6.72. The Kier molecular flexibility index (Phi) is 5.15. The van der Waals surface area contributed by atoms with Crippen molar-refractivity contribution in [2.45, 2.75) is 63.6 Å². The van der Waals surface area contributed by atoms with Gasteiger partial charge in [-0.2, -0.15) is 18.3 Å². The maximum atomic E-state index is 13.1. The standard InChI is InChI=1S/C22H25F3N6O/c1-11-12(2)28-21-19(27-11)18(14-6-16(7-14)22(23,24)25)29-20(30-21)13-4-5-32-17(8-13)15-9-26-31(3)10-15/h9-10,13-14,16-17H,4-8H2,1-3H3/t13-,14-,16+,17+/m1/s1. The first-order valence-corrected chi connectivity index (χ1v) is 10.9. The quantitative estimate of drug-likeness (QED) is 0.591. The molecule has 0 spiro atoms. The average molecular weight is 446 g/mol. The lowest BCUT2D eigenvalue weighted by Gasteiger charge is -2.36. The van der Waals surface area contributed by atoms with E-state index in [0.717, 1.165) is 23.4 Å². The van der Waals surface area contributed by atoms with Crippen molar-refractivity contribution in [1.29, 1.82) is 0 Å². The third-order valence-corrected chi connectivity index (χ3v) is 6.72. The maximum Gasteiger partial charge on any atom is 0.391 e. The first kappa shape index (κ1) is 21.2. The van der Waals surface area contributed by atoms with Crippen molar-refractivity contribution in [3.05, 3.63) is 40.9 Å². The molecule has 3 aromatic heterocycles. The summed E-state index contributed by atoms with van der Waals surface area (Å²) in [4.78, 5) is 18.7. The summed E-state index contributed by atoms with van der Waals surface area (Å²) in [5.74, 6) is -0.911. The van der Waals surface area contributed by atoms with Gasteiger partial charge in [0.1, 0.15) is 11.3 Å². The van der Waals surface area contributed by atoms with Crippen LogP contribution in [0, 0.1) is 19.8 Å². The van der Waals surface area contributed by atoms with Crippen LogP contribution in [0.5, 0.6) is 0 Å². The molecule has 0 aromatic carbocycles. The van der Waals surface area contributed by atoms with Crippen LogP contribution in [0.4, 0.5) is 13.2 Å². The molecule has 2 fully saturated rings. The van der Waals surface area contributed by atoms with E-state index in [9.17, 15) is 13.2 Å². The fourth-order valence-electron chi connectivity index (χ4n) is 4.60. The molecule has 1 saturated carbocycles. The number of ether oxygens (including phenoxy) is 1. The Hall–Kier alpha value is -2.62. The fraction of sp³-hybridized carbons (Fsp3) is 0.591. The van der Waals surface area contributed by atoms with Crippen molar-refractivity contribution in [3.8, 4) is 0 Å². The summed E-state index contributed by atoms with van der Waals surface area (Å²) in [7, 11) is 1.86. The van der Waals surface area contributed by atoms with E-state index in [4.69, 9.17) is 14.7 Å². The molecule has 4 heterocycles. The van der Waals surface area contributed by atoms with Crippen LogP contribution in [0.15, 0.2) is 12.4 Å². The summed E-state index contributed by atoms with van der Waals surface area (Å²) in [5.41, 5.74) is 4.09. The highest BCUT2D eigenvalue weighted by Gasteiger charge is 2.49. The van der Waals surface area contributed by atoms with E-state index in [2.05, 4.69) is 15.1 Å². The van der Waals surface area contributed by atoms with E-state index in [1.54, 1.807) is 10.9 Å². The number of alkyl halides is 3. The summed E-state index contributed by atoms with van der Waals surface area (Å²) in [6.07, 6.45) is 0.949. The average Bonchev–Trinajstić information content (AvgIpc) is 3.13. The molecule has 2 atom stereocenters. The monoisotopic (exact) mass is 446 g/mol. The highest BCUT2D eigenvalue weighted by Crippen LogP contribution is 2.50. The maximum absolute atomic E-state index is 13.1. The molecule has 7 nitrogen and oxygen atoms in total. The Morgan fingerprint density at radius 1 is 1.00 bits per heavy atom. The molecule has 10 heteroatoms. The van der Waals surface area contributed by atoms with Crippen molar-refractivity contribution in [3.63, 3.8) is 0 Å². The van der Waals surface area contributed by atoms with E-state index in [1.165, 1.54) is 0 Å². The van der Waals surface area contributed by atoms with Crippen LogP contribution in [0.3, 0.4) is 0 Å². The van der Waals surface area contributed by atoms with Gasteiger partial charge in [0.15, 0.2) is 5.65 Å². The van der Waals surface area contributed by atoms with Gasteiger partial charge in [-0.05, 0) is 39.5 Å². The second kappa shape index (κ2) is 7.75. The molecular formula is C22H25F3N6O. The molecule has 5 rings (SSSR count). The van der Waals surface area contributed by atoms with Crippen molar-refractivity contribution < 1.29 is 17.9 Å². The summed E-state index contributed by atoms with van der Waals surface area (Å²) in [5, 5.41) is 4.23. The van der Waals surface area contributed by atoms with Gasteiger partial charge in [-0.15, -0.1) is 0 Å². The zero-order valence-electron chi connectivity index (χ0n) is 18.2. The predicted octanol–water partition coefficient (Wildman–Crippen LogP) is 4.46. The second-order valence-corrected chi connectivity index (χ2v) is 8.97. The summed E-state index contributed by atoms with van der Waals surface area (Å²) >= 11 is 0. The molecule has 0 amide bonds. The highest BCUT2D eigenvalue weighted by atomic mass is 19.4. The largest absolute Gasteiger partial charge is 0.391 e. The number of aromatic nitrogens is 6. The van der Waals surface area contributed by atoms with Crippen LogP contribution >= 0.6 is 0 Å². The molecule has 1 saturated heterocycles. The topological polar surface area (TPSA) is 78.6 Å². The lowest BCUT2D eigenvalue weighted by molar-refractivity contribution is -0.197. The molecule has 0 bridgehead atoms. The molecule has 1 aliphatic carbocycles. The Morgan fingerprint density at radius 2 is 1.75 bits per heavy atom. The van der Waals surface area contributed by atoms with Crippen molar-refractivity contribution >= 4 is 11.2 Å². The first-order chi connectivity index (χ1) is 15.2. The van der Waals surface area contributed by atoms with E-state index >= 15 is 0 Å². The number of hydrogen-bond donors (Lipinski definition) is 0. The molecule has 0 radical (unpaired) electrons. The van der Waals surface area contributed by atoms with Gasteiger partial charge in [-0.3, -0.25) is 4.68 Å². The van der Waals surface area contributed by atoms with Gasteiger partial charge in [-0.1, -0.05) is 0 Å². The van der Waals surface area contributed by atoms with Gasteiger partial charge >= 0.3 is 6.18 Å². The third kappa shape index (κ3) is 3.85. The van der Waals surface area contributed by atoms with Gasteiger partial charge in [0.05, 0.1) is 35.3 Å². The number of halogens is 3. The Morgan fingerprint density at radius 3 is 2.44 bits per heavy atom. The molecule has 1 aliphatic heterocycles. The molecule has 32 heavy (non-hydrogen) atoms. The van der Waals surface area contributed by atoms with E-state index in [0.29, 0.717) is 35.7 Å². The number of aryl methyl sites for hydroxylation is 3. The van der Waals surface area contributed by atoms with Crippen LogP contribution in [0.1, 0.15) is 72.1 Å². The Labute approximate surface area is 183 Å². The molecule has 2 aliphatic rings. The molecule has 3 aromatic rings. The second-order valence-electron chi connectivity index (χ2n) is 8.97. The number of rotatable bonds is 3. The zero-order valence-corrected chi connectivity index (χ0v) is 18.2. The first-order valence-electron chi connectivity index (χ1n) is 10.9. The number of nitrogens with zero attached hydrogens (tertiary/aromatic N) is 6.